The zero-order valence-corrected chi connectivity index (χ0v) is 15.4. The van der Waals surface area contributed by atoms with E-state index in [2.05, 4.69) is 47.3 Å². The Bertz CT molecular complexity index is 701. The number of nitrogens with zero attached hydrogens (tertiary/aromatic N) is 5. The minimum absolute atomic E-state index is 0.113. The number of rotatable bonds is 4. The van der Waals surface area contributed by atoms with Crippen LogP contribution in [0.3, 0.4) is 0 Å². The predicted molar refractivity (Wildman–Crippen MR) is 94.5 cm³/mol. The Morgan fingerprint density at radius 2 is 1.88 bits per heavy atom. The number of aliphatic hydroxyl groups is 1. The molecule has 1 saturated heterocycles. The molecule has 0 aliphatic carbocycles. The molecule has 0 bridgehead atoms. The van der Waals surface area contributed by atoms with Gasteiger partial charge in [0.2, 0.25) is 0 Å². The minimum Gasteiger partial charge on any atom is -0.496 e. The van der Waals surface area contributed by atoms with Gasteiger partial charge in [0, 0.05) is 18.7 Å². The smallest absolute Gasteiger partial charge is 0.173 e. The number of aromatic nitrogens is 4. The maximum atomic E-state index is 9.90. The van der Waals surface area contributed by atoms with Crippen LogP contribution in [0.5, 0.6) is 5.75 Å². The number of benzene rings is 1. The number of aliphatic hydroxyl groups excluding tert-OH is 1. The van der Waals surface area contributed by atoms with Crippen LogP contribution in [0.4, 0.5) is 0 Å². The minimum atomic E-state index is -0.229. The second-order valence-electron chi connectivity index (χ2n) is 7.53. The molecule has 1 atom stereocenters. The SMILES string of the molecule is COc1ccccc1[C@H](c1nnnn1C(C)(C)C)N1CCC(O)CC1. The number of tetrazole rings is 1. The van der Waals surface area contributed by atoms with Crippen LogP contribution >= 0.6 is 0 Å². The summed E-state index contributed by atoms with van der Waals surface area (Å²) in [4.78, 5) is 2.33. The number of hydrogen-bond donors (Lipinski definition) is 1. The third-order valence-corrected chi connectivity index (χ3v) is 4.67. The average Bonchev–Trinajstić information content (AvgIpc) is 3.07. The summed E-state index contributed by atoms with van der Waals surface area (Å²) in [5.41, 5.74) is 0.815. The molecule has 0 amide bonds. The van der Waals surface area contributed by atoms with E-state index in [-0.39, 0.29) is 17.7 Å². The van der Waals surface area contributed by atoms with Crippen LogP contribution in [0, 0.1) is 0 Å². The predicted octanol–water partition coefficient (Wildman–Crippen LogP) is 1.98. The normalized spacial score (nSPS) is 18.3. The second-order valence-corrected chi connectivity index (χ2v) is 7.53. The third-order valence-electron chi connectivity index (χ3n) is 4.67. The number of para-hydroxylation sites is 1. The van der Waals surface area contributed by atoms with E-state index < -0.39 is 0 Å². The lowest BCUT2D eigenvalue weighted by molar-refractivity contribution is 0.0644. The highest BCUT2D eigenvalue weighted by atomic mass is 16.5. The van der Waals surface area contributed by atoms with Crippen LogP contribution < -0.4 is 4.74 Å². The Hall–Kier alpha value is -1.99. The lowest BCUT2D eigenvalue weighted by atomic mass is 9.98. The molecule has 7 nitrogen and oxygen atoms in total. The standard InChI is InChI=1S/C18H27N5O2/c1-18(2,3)23-17(19-20-21-23)16(22-11-9-13(24)10-12-22)14-7-5-6-8-15(14)25-4/h5-8,13,16,24H,9-12H2,1-4H3/t16-/m1/s1. The summed E-state index contributed by atoms with van der Waals surface area (Å²) in [6.07, 6.45) is 1.28. The van der Waals surface area contributed by atoms with E-state index in [9.17, 15) is 5.11 Å². The Morgan fingerprint density at radius 3 is 2.52 bits per heavy atom. The van der Waals surface area contributed by atoms with Crippen molar-refractivity contribution in [1.29, 1.82) is 0 Å². The fraction of sp³-hybridized carbons (Fsp3) is 0.611. The fourth-order valence-corrected chi connectivity index (χ4v) is 3.38. The monoisotopic (exact) mass is 345 g/mol. The molecule has 1 aliphatic heterocycles. The molecule has 0 unspecified atom stereocenters. The van der Waals surface area contributed by atoms with Gasteiger partial charge in [-0.2, -0.15) is 0 Å². The number of methoxy groups -OCH3 is 1. The molecule has 1 N–H and O–H groups in total. The zero-order chi connectivity index (χ0) is 18.0. The molecule has 1 fully saturated rings. The van der Waals surface area contributed by atoms with Crippen molar-refractivity contribution in [2.45, 2.75) is 51.3 Å². The number of piperidine rings is 1. The van der Waals surface area contributed by atoms with Crippen LogP contribution in [0.15, 0.2) is 24.3 Å². The second kappa shape index (κ2) is 7.09. The van der Waals surface area contributed by atoms with E-state index >= 15 is 0 Å². The van der Waals surface area contributed by atoms with Crippen molar-refractivity contribution in [2.24, 2.45) is 0 Å². The number of hydrogen-bond acceptors (Lipinski definition) is 6. The lowest BCUT2D eigenvalue weighted by Crippen LogP contribution is -2.41. The van der Waals surface area contributed by atoms with E-state index in [1.165, 1.54) is 0 Å². The molecule has 2 aromatic rings. The molecular weight excluding hydrogens is 318 g/mol. The van der Waals surface area contributed by atoms with Crippen molar-refractivity contribution >= 4 is 0 Å². The maximum absolute atomic E-state index is 9.90. The highest BCUT2D eigenvalue weighted by molar-refractivity contribution is 5.39. The van der Waals surface area contributed by atoms with Crippen molar-refractivity contribution in [3.63, 3.8) is 0 Å². The molecule has 3 rings (SSSR count). The van der Waals surface area contributed by atoms with Gasteiger partial charge in [0.15, 0.2) is 5.82 Å². The van der Waals surface area contributed by atoms with Crippen molar-refractivity contribution in [3.8, 4) is 5.75 Å². The largest absolute Gasteiger partial charge is 0.496 e. The first-order valence-corrected chi connectivity index (χ1v) is 8.75. The summed E-state index contributed by atoms with van der Waals surface area (Å²) in [6, 6.07) is 7.89. The first kappa shape index (κ1) is 17.8. The molecule has 2 heterocycles. The summed E-state index contributed by atoms with van der Waals surface area (Å²) in [7, 11) is 1.68. The molecule has 0 saturated carbocycles. The van der Waals surface area contributed by atoms with E-state index in [1.54, 1.807) is 7.11 Å². The van der Waals surface area contributed by atoms with E-state index in [4.69, 9.17) is 4.74 Å². The van der Waals surface area contributed by atoms with Crippen molar-refractivity contribution in [1.82, 2.24) is 25.1 Å². The average molecular weight is 345 g/mol. The van der Waals surface area contributed by atoms with Crippen molar-refractivity contribution in [2.75, 3.05) is 20.2 Å². The molecule has 1 aliphatic rings. The summed E-state index contributed by atoms with van der Waals surface area (Å²) in [5, 5.41) is 22.5. The quantitative estimate of drug-likeness (QED) is 0.913. The van der Waals surface area contributed by atoms with Crippen molar-refractivity contribution in [3.05, 3.63) is 35.7 Å². The molecule has 0 spiro atoms. The summed E-state index contributed by atoms with van der Waals surface area (Å²) >= 11 is 0. The number of likely N-dealkylation sites (tertiary alicyclic amines) is 1. The van der Waals surface area contributed by atoms with Gasteiger partial charge in [-0.25, -0.2) is 4.68 Å². The van der Waals surface area contributed by atoms with Gasteiger partial charge in [-0.05, 0) is 50.1 Å². The van der Waals surface area contributed by atoms with Crippen LogP contribution in [0.25, 0.3) is 0 Å². The molecule has 1 aromatic carbocycles. The molecule has 0 radical (unpaired) electrons. The van der Waals surface area contributed by atoms with Crippen LogP contribution in [0.2, 0.25) is 0 Å². The molecule has 7 heteroatoms. The van der Waals surface area contributed by atoms with E-state index in [1.807, 2.05) is 22.9 Å². The molecular formula is C18H27N5O2. The van der Waals surface area contributed by atoms with Gasteiger partial charge in [-0.15, -0.1) is 5.10 Å². The molecule has 1 aromatic heterocycles. The summed E-state index contributed by atoms with van der Waals surface area (Å²) in [5.74, 6) is 1.62. The van der Waals surface area contributed by atoms with Gasteiger partial charge in [-0.3, -0.25) is 4.90 Å². The van der Waals surface area contributed by atoms with Gasteiger partial charge < -0.3 is 9.84 Å². The Kier molecular flexibility index (Phi) is 5.06. The third kappa shape index (κ3) is 3.67. The van der Waals surface area contributed by atoms with Crippen molar-refractivity contribution < 1.29 is 9.84 Å². The van der Waals surface area contributed by atoms with Gasteiger partial charge >= 0.3 is 0 Å². The summed E-state index contributed by atoms with van der Waals surface area (Å²) < 4.78 is 7.49. The first-order valence-electron chi connectivity index (χ1n) is 8.75. The lowest BCUT2D eigenvalue weighted by Gasteiger charge is -2.37. The highest BCUT2D eigenvalue weighted by Crippen LogP contribution is 2.36. The van der Waals surface area contributed by atoms with Gasteiger partial charge in [0.05, 0.1) is 18.8 Å². The Morgan fingerprint density at radius 1 is 1.20 bits per heavy atom. The van der Waals surface area contributed by atoms with Gasteiger partial charge in [0.1, 0.15) is 11.8 Å². The van der Waals surface area contributed by atoms with Crippen LogP contribution in [-0.2, 0) is 5.54 Å². The van der Waals surface area contributed by atoms with Crippen LogP contribution in [-0.4, -0.2) is 56.5 Å². The van der Waals surface area contributed by atoms with Gasteiger partial charge in [-0.1, -0.05) is 18.2 Å². The summed E-state index contributed by atoms with van der Waals surface area (Å²) in [6.45, 7) is 7.85. The number of ether oxygens (including phenoxy) is 1. The maximum Gasteiger partial charge on any atom is 0.173 e. The Labute approximate surface area is 148 Å². The first-order chi connectivity index (χ1) is 11.9. The zero-order valence-electron chi connectivity index (χ0n) is 15.4. The van der Waals surface area contributed by atoms with E-state index in [0.717, 1.165) is 43.1 Å². The highest BCUT2D eigenvalue weighted by Gasteiger charge is 2.34. The molecule has 136 valence electrons. The Balaban J connectivity index is 2.08. The van der Waals surface area contributed by atoms with E-state index in [0.29, 0.717) is 0 Å². The van der Waals surface area contributed by atoms with Crippen LogP contribution in [0.1, 0.15) is 51.0 Å². The fourth-order valence-electron chi connectivity index (χ4n) is 3.38. The molecule has 25 heavy (non-hydrogen) atoms. The van der Waals surface area contributed by atoms with Gasteiger partial charge in [0.25, 0.3) is 0 Å². The topological polar surface area (TPSA) is 76.3 Å².